The van der Waals surface area contributed by atoms with Crippen LogP contribution in [0.25, 0.3) is 0 Å². The molecule has 0 fully saturated rings. The van der Waals surface area contributed by atoms with Crippen LogP contribution in [0, 0.1) is 0 Å². The highest BCUT2D eigenvalue weighted by Gasteiger charge is 2.35. The molecule has 0 aliphatic rings. The number of alkyl halides is 2. The second-order valence-electron chi connectivity index (χ2n) is 4.50. The molecule has 0 saturated carbocycles. The molecule has 24 heavy (non-hydrogen) atoms. The summed E-state index contributed by atoms with van der Waals surface area (Å²) >= 11 is 0. The molecule has 0 aliphatic heterocycles. The van der Waals surface area contributed by atoms with E-state index in [0.29, 0.717) is 0 Å². The fourth-order valence-corrected chi connectivity index (χ4v) is 1.69. The molecule has 2 rings (SSSR count). The Hall–Kier alpha value is -3.29. The lowest BCUT2D eigenvalue weighted by Gasteiger charge is -2.18. The lowest BCUT2D eigenvalue weighted by atomic mass is 10.2. The zero-order valence-electron chi connectivity index (χ0n) is 12.3. The number of hydrogen-bond donors (Lipinski definition) is 2. The van der Waals surface area contributed by atoms with E-state index in [9.17, 15) is 13.6 Å². The largest absolute Gasteiger partial charge is 0.478 e. The molecule has 8 heteroatoms. The predicted octanol–water partition coefficient (Wildman–Crippen LogP) is 2.84. The molecule has 0 bridgehead atoms. The van der Waals surface area contributed by atoms with Gasteiger partial charge >= 0.3 is 12.1 Å². The molecule has 0 amide bonds. The third-order valence-corrected chi connectivity index (χ3v) is 2.85. The molecule has 1 aromatic heterocycles. The topological polar surface area (TPSA) is 97.8 Å². The van der Waals surface area contributed by atoms with Gasteiger partial charge in [-0.2, -0.15) is 8.78 Å². The summed E-state index contributed by atoms with van der Waals surface area (Å²) in [5.41, 5.74) is 4.49. The number of aliphatic imine (C=N–C) groups is 1. The van der Waals surface area contributed by atoms with Crippen molar-refractivity contribution < 1.29 is 23.4 Å². The van der Waals surface area contributed by atoms with Crippen LogP contribution in [0.4, 0.5) is 14.6 Å². The lowest BCUT2D eigenvalue weighted by Crippen LogP contribution is -2.21. The van der Waals surface area contributed by atoms with Gasteiger partial charge in [-0.05, 0) is 24.3 Å². The van der Waals surface area contributed by atoms with E-state index in [1.807, 2.05) is 0 Å². The molecule has 124 valence electrons. The Kier molecular flexibility index (Phi) is 5.20. The average molecular weight is 333 g/mol. The Morgan fingerprint density at radius 1 is 1.25 bits per heavy atom. The summed E-state index contributed by atoms with van der Waals surface area (Å²) in [6, 6.07) is 9.61. The van der Waals surface area contributed by atoms with E-state index in [1.54, 1.807) is 6.07 Å². The number of nitrogens with two attached hydrogens (primary N) is 1. The van der Waals surface area contributed by atoms with E-state index in [4.69, 9.17) is 15.6 Å². The van der Waals surface area contributed by atoms with Gasteiger partial charge in [-0.25, -0.2) is 14.8 Å². The number of halogens is 2. The molecule has 0 spiro atoms. The molecule has 2 aromatic rings. The van der Waals surface area contributed by atoms with Crippen molar-refractivity contribution in [2.75, 3.05) is 0 Å². The standard InChI is InChI=1S/C16H13F2N3O3/c17-16(18,12-5-2-1-3-6-12)24-13-7-4-8-20-14(13)21-10-11(9-19)15(22)23/h1-10H,19H2,(H,22,23)/b11-9+,21-10+. The highest BCUT2D eigenvalue weighted by molar-refractivity contribution is 6.08. The van der Waals surface area contributed by atoms with Gasteiger partial charge < -0.3 is 15.6 Å². The lowest BCUT2D eigenvalue weighted by molar-refractivity contribution is -0.185. The van der Waals surface area contributed by atoms with E-state index < -0.39 is 12.1 Å². The summed E-state index contributed by atoms with van der Waals surface area (Å²) in [5, 5.41) is 8.84. The smallest absolute Gasteiger partial charge is 0.426 e. The van der Waals surface area contributed by atoms with E-state index in [1.165, 1.54) is 42.6 Å². The van der Waals surface area contributed by atoms with Crippen LogP contribution >= 0.6 is 0 Å². The number of benzene rings is 1. The van der Waals surface area contributed by atoms with E-state index in [-0.39, 0.29) is 22.7 Å². The Labute approximate surface area is 135 Å². The summed E-state index contributed by atoms with van der Waals surface area (Å²) in [6.07, 6.45) is -0.563. The Morgan fingerprint density at radius 3 is 2.58 bits per heavy atom. The van der Waals surface area contributed by atoms with E-state index in [2.05, 4.69) is 9.98 Å². The molecular formula is C16H13F2N3O3. The number of rotatable bonds is 6. The van der Waals surface area contributed by atoms with E-state index in [0.717, 1.165) is 12.4 Å². The van der Waals surface area contributed by atoms with Crippen molar-refractivity contribution in [3.63, 3.8) is 0 Å². The number of carboxylic acid groups (broad SMARTS) is 1. The van der Waals surface area contributed by atoms with Gasteiger partial charge in [0.25, 0.3) is 0 Å². The fourth-order valence-electron chi connectivity index (χ4n) is 1.69. The minimum Gasteiger partial charge on any atom is -0.478 e. The number of hydrogen-bond acceptors (Lipinski definition) is 5. The molecular weight excluding hydrogens is 320 g/mol. The maximum atomic E-state index is 14.2. The number of aromatic nitrogens is 1. The number of pyridine rings is 1. The van der Waals surface area contributed by atoms with Gasteiger partial charge in [0.15, 0.2) is 11.6 Å². The van der Waals surface area contributed by atoms with Crippen molar-refractivity contribution >= 4 is 18.0 Å². The Bertz CT molecular complexity index is 777. The fraction of sp³-hybridized carbons (Fsp3) is 0.0625. The second-order valence-corrected chi connectivity index (χ2v) is 4.50. The maximum Gasteiger partial charge on any atom is 0.426 e. The quantitative estimate of drug-likeness (QED) is 0.626. The zero-order chi connectivity index (χ0) is 17.6. The van der Waals surface area contributed by atoms with Crippen molar-refractivity contribution in [2.24, 2.45) is 10.7 Å². The number of aliphatic carboxylic acids is 1. The van der Waals surface area contributed by atoms with Crippen molar-refractivity contribution in [2.45, 2.75) is 6.11 Å². The molecule has 0 unspecified atom stereocenters. The van der Waals surface area contributed by atoms with Crippen LogP contribution in [0.5, 0.6) is 5.75 Å². The molecule has 0 aliphatic carbocycles. The number of carbonyl (C=O) groups is 1. The molecule has 3 N–H and O–H groups in total. The molecule has 0 radical (unpaired) electrons. The van der Waals surface area contributed by atoms with Crippen LogP contribution < -0.4 is 10.5 Å². The number of carboxylic acids is 1. The van der Waals surface area contributed by atoms with Gasteiger partial charge in [0.05, 0.1) is 11.1 Å². The van der Waals surface area contributed by atoms with Crippen LogP contribution in [-0.2, 0) is 10.9 Å². The van der Waals surface area contributed by atoms with E-state index >= 15 is 0 Å². The van der Waals surface area contributed by atoms with Crippen LogP contribution in [0.15, 0.2) is 65.4 Å². The van der Waals surface area contributed by atoms with Gasteiger partial charge in [0.1, 0.15) is 0 Å². The number of nitrogens with zero attached hydrogens (tertiary/aromatic N) is 2. The van der Waals surface area contributed by atoms with Crippen LogP contribution in [0.1, 0.15) is 5.56 Å². The van der Waals surface area contributed by atoms with Crippen molar-refractivity contribution in [3.8, 4) is 5.75 Å². The predicted molar refractivity (Wildman–Crippen MR) is 83.3 cm³/mol. The van der Waals surface area contributed by atoms with Gasteiger partial charge in [0.2, 0.25) is 0 Å². The molecule has 0 atom stereocenters. The number of ether oxygens (including phenoxy) is 1. The maximum absolute atomic E-state index is 14.2. The minimum absolute atomic E-state index is 0.200. The highest BCUT2D eigenvalue weighted by atomic mass is 19.3. The van der Waals surface area contributed by atoms with Crippen molar-refractivity contribution in [1.29, 1.82) is 0 Å². The molecule has 0 saturated heterocycles. The monoisotopic (exact) mass is 333 g/mol. The first-order chi connectivity index (χ1) is 11.4. The second kappa shape index (κ2) is 7.32. The van der Waals surface area contributed by atoms with Gasteiger partial charge in [-0.1, -0.05) is 18.2 Å². The van der Waals surface area contributed by atoms with Crippen LogP contribution in [-0.4, -0.2) is 22.3 Å². The first-order valence-electron chi connectivity index (χ1n) is 6.70. The van der Waals surface area contributed by atoms with Gasteiger partial charge in [0, 0.05) is 18.6 Å². The Balaban J connectivity index is 2.29. The third kappa shape index (κ3) is 4.13. The summed E-state index contributed by atoms with van der Waals surface area (Å²) in [4.78, 5) is 18.4. The first-order valence-corrected chi connectivity index (χ1v) is 6.70. The Morgan fingerprint density at radius 2 is 1.96 bits per heavy atom. The summed E-state index contributed by atoms with van der Waals surface area (Å²) in [6.45, 7) is 0. The highest BCUT2D eigenvalue weighted by Crippen LogP contribution is 2.35. The minimum atomic E-state index is -3.60. The van der Waals surface area contributed by atoms with Gasteiger partial charge in [-0.15, -0.1) is 0 Å². The molecule has 6 nitrogen and oxygen atoms in total. The van der Waals surface area contributed by atoms with Crippen molar-refractivity contribution in [3.05, 3.63) is 66.0 Å². The summed E-state index contributed by atoms with van der Waals surface area (Å²) < 4.78 is 33.1. The summed E-state index contributed by atoms with van der Waals surface area (Å²) in [7, 11) is 0. The zero-order valence-corrected chi connectivity index (χ0v) is 12.3. The van der Waals surface area contributed by atoms with Crippen LogP contribution in [0.2, 0.25) is 0 Å². The third-order valence-electron chi connectivity index (χ3n) is 2.85. The average Bonchev–Trinajstić information content (AvgIpc) is 2.57. The molecule has 1 aromatic carbocycles. The van der Waals surface area contributed by atoms with Gasteiger partial charge in [-0.3, -0.25) is 0 Å². The normalized spacial score (nSPS) is 12.3. The van der Waals surface area contributed by atoms with Crippen LogP contribution in [0.3, 0.4) is 0 Å². The SMILES string of the molecule is N/C=C(\C=N\c1ncccc1OC(F)(F)c1ccccc1)C(=O)O. The first kappa shape index (κ1) is 17.1. The van der Waals surface area contributed by atoms with Crippen molar-refractivity contribution in [1.82, 2.24) is 4.98 Å². The molecule has 1 heterocycles. The summed E-state index contributed by atoms with van der Waals surface area (Å²) in [5.74, 6) is -1.81.